The number of nitrogen functional groups attached to an aromatic ring is 1. The van der Waals surface area contributed by atoms with Gasteiger partial charge in [0.2, 0.25) is 0 Å². The molecule has 0 aliphatic heterocycles. The van der Waals surface area contributed by atoms with E-state index in [1.165, 1.54) is 18.3 Å². The zero-order valence-corrected chi connectivity index (χ0v) is 11.8. The fourth-order valence-electron chi connectivity index (χ4n) is 2.38. The molecule has 3 nitrogen and oxygen atoms in total. The van der Waals surface area contributed by atoms with Gasteiger partial charge in [-0.25, -0.2) is 4.39 Å². The van der Waals surface area contributed by atoms with E-state index in [4.69, 9.17) is 11.1 Å². The molecule has 0 unspecified atom stereocenters. The highest BCUT2D eigenvalue weighted by molar-refractivity contribution is 5.89. The lowest BCUT2D eigenvalue weighted by Crippen LogP contribution is -1.95. The molecular formula is C18H14FN3. The lowest BCUT2D eigenvalue weighted by atomic mass is 9.98. The third-order valence-corrected chi connectivity index (χ3v) is 3.46. The first-order valence-corrected chi connectivity index (χ1v) is 6.80. The Bertz CT molecular complexity index is 843. The van der Waals surface area contributed by atoms with Crippen molar-refractivity contribution in [3.63, 3.8) is 0 Å². The smallest absolute Gasteiger partial charge is 0.123 e. The van der Waals surface area contributed by atoms with Crippen molar-refractivity contribution in [1.82, 2.24) is 4.98 Å². The van der Waals surface area contributed by atoms with Crippen LogP contribution in [0.4, 0.5) is 10.1 Å². The second-order valence-corrected chi connectivity index (χ2v) is 4.90. The van der Waals surface area contributed by atoms with Crippen LogP contribution in [0.3, 0.4) is 0 Å². The molecule has 0 atom stereocenters. The largest absolute Gasteiger partial charge is 0.398 e. The summed E-state index contributed by atoms with van der Waals surface area (Å²) in [6.45, 7) is 0. The zero-order chi connectivity index (χ0) is 15.5. The molecule has 0 aliphatic rings. The van der Waals surface area contributed by atoms with E-state index in [0.29, 0.717) is 22.5 Å². The van der Waals surface area contributed by atoms with Gasteiger partial charge >= 0.3 is 0 Å². The topological polar surface area (TPSA) is 62.8 Å². The van der Waals surface area contributed by atoms with E-state index in [1.807, 2.05) is 24.3 Å². The van der Waals surface area contributed by atoms with Gasteiger partial charge in [0, 0.05) is 34.8 Å². The van der Waals surface area contributed by atoms with E-state index in [0.717, 1.165) is 11.1 Å². The van der Waals surface area contributed by atoms with Gasteiger partial charge in [0.15, 0.2) is 0 Å². The molecule has 1 heterocycles. The maximum absolute atomic E-state index is 13.5. The van der Waals surface area contributed by atoms with Crippen LogP contribution in [0.5, 0.6) is 0 Å². The average Bonchev–Trinajstić information content (AvgIpc) is 2.55. The highest BCUT2D eigenvalue weighted by Crippen LogP contribution is 2.31. The summed E-state index contributed by atoms with van der Waals surface area (Å²) in [5, 5.41) is 7.30. The van der Waals surface area contributed by atoms with Gasteiger partial charge in [-0.2, -0.15) is 0 Å². The molecule has 0 spiro atoms. The minimum Gasteiger partial charge on any atom is -0.398 e. The summed E-state index contributed by atoms with van der Waals surface area (Å²) in [4.78, 5) is 4.39. The number of halogens is 1. The maximum Gasteiger partial charge on any atom is 0.123 e. The summed E-state index contributed by atoms with van der Waals surface area (Å²) in [6, 6.07) is 15.6. The third kappa shape index (κ3) is 2.59. The zero-order valence-electron chi connectivity index (χ0n) is 11.8. The van der Waals surface area contributed by atoms with Crippen LogP contribution in [-0.4, -0.2) is 11.2 Å². The van der Waals surface area contributed by atoms with E-state index in [-0.39, 0.29) is 5.82 Å². The molecule has 3 N–H and O–H groups in total. The van der Waals surface area contributed by atoms with Crippen LogP contribution in [0.15, 0.2) is 60.8 Å². The predicted octanol–water partition coefficient (Wildman–Crippen LogP) is 4.13. The summed E-state index contributed by atoms with van der Waals surface area (Å²) in [5.41, 5.74) is 10.3. The van der Waals surface area contributed by atoms with Gasteiger partial charge in [-0.1, -0.05) is 30.3 Å². The Morgan fingerprint density at radius 3 is 2.59 bits per heavy atom. The molecule has 22 heavy (non-hydrogen) atoms. The number of hydrogen-bond donors (Lipinski definition) is 2. The van der Waals surface area contributed by atoms with Crippen molar-refractivity contribution in [2.24, 2.45) is 0 Å². The van der Waals surface area contributed by atoms with E-state index in [9.17, 15) is 4.39 Å². The monoisotopic (exact) mass is 291 g/mol. The minimum absolute atomic E-state index is 0.298. The van der Waals surface area contributed by atoms with E-state index in [2.05, 4.69) is 4.98 Å². The summed E-state index contributed by atoms with van der Waals surface area (Å²) in [7, 11) is 0. The normalized spacial score (nSPS) is 10.4. The number of pyridine rings is 1. The Morgan fingerprint density at radius 2 is 1.86 bits per heavy atom. The van der Waals surface area contributed by atoms with Gasteiger partial charge in [-0.15, -0.1) is 0 Å². The lowest BCUT2D eigenvalue weighted by molar-refractivity contribution is 0.628. The van der Waals surface area contributed by atoms with Gasteiger partial charge in [0.25, 0.3) is 0 Å². The molecule has 3 rings (SSSR count). The van der Waals surface area contributed by atoms with Gasteiger partial charge < -0.3 is 11.1 Å². The Balaban J connectivity index is 2.16. The highest BCUT2D eigenvalue weighted by atomic mass is 19.1. The second-order valence-electron chi connectivity index (χ2n) is 4.90. The average molecular weight is 291 g/mol. The number of benzene rings is 2. The Kier molecular flexibility index (Phi) is 3.66. The molecule has 0 aliphatic carbocycles. The van der Waals surface area contributed by atoms with E-state index >= 15 is 0 Å². The predicted molar refractivity (Wildman–Crippen MR) is 87.4 cm³/mol. The molecule has 4 heteroatoms. The quantitative estimate of drug-likeness (QED) is 0.563. The van der Waals surface area contributed by atoms with E-state index < -0.39 is 0 Å². The summed E-state index contributed by atoms with van der Waals surface area (Å²) in [6.07, 6.45) is 2.90. The molecule has 0 fully saturated rings. The summed E-state index contributed by atoms with van der Waals surface area (Å²) >= 11 is 0. The van der Waals surface area contributed by atoms with Crippen LogP contribution < -0.4 is 5.73 Å². The van der Waals surface area contributed by atoms with Gasteiger partial charge in [-0.05, 0) is 29.8 Å². The minimum atomic E-state index is -0.298. The highest BCUT2D eigenvalue weighted by Gasteiger charge is 2.10. The summed E-state index contributed by atoms with van der Waals surface area (Å²) < 4.78 is 13.5. The van der Waals surface area contributed by atoms with Crippen molar-refractivity contribution in [2.45, 2.75) is 0 Å². The molecule has 0 saturated carbocycles. The fraction of sp³-hybridized carbons (Fsp3) is 0. The number of rotatable bonds is 3. The van der Waals surface area contributed by atoms with Gasteiger partial charge in [-0.3, -0.25) is 4.98 Å². The number of nitrogens with zero attached hydrogens (tertiary/aromatic N) is 1. The fourth-order valence-corrected chi connectivity index (χ4v) is 2.38. The van der Waals surface area contributed by atoms with Crippen LogP contribution in [0.25, 0.3) is 22.4 Å². The lowest BCUT2D eigenvalue weighted by Gasteiger charge is -2.10. The molecule has 0 saturated heterocycles. The Hall–Kier alpha value is -3.01. The second kappa shape index (κ2) is 5.77. The van der Waals surface area contributed by atoms with Crippen molar-refractivity contribution in [3.8, 4) is 22.4 Å². The van der Waals surface area contributed by atoms with Gasteiger partial charge in [0.1, 0.15) is 5.82 Å². The van der Waals surface area contributed by atoms with Crippen LogP contribution in [0.1, 0.15) is 5.56 Å². The number of hydrogen-bond acceptors (Lipinski definition) is 3. The number of anilines is 1. The maximum atomic E-state index is 13.5. The first-order valence-electron chi connectivity index (χ1n) is 6.80. The SMILES string of the molecule is N=Cc1ccc(-c2cccnc2-c2cccc(F)c2)cc1N. The number of aromatic nitrogens is 1. The van der Waals surface area contributed by atoms with Crippen molar-refractivity contribution in [1.29, 1.82) is 5.41 Å². The van der Waals surface area contributed by atoms with Crippen LogP contribution in [0, 0.1) is 11.2 Å². The molecule has 108 valence electrons. The molecule has 0 radical (unpaired) electrons. The number of nitrogens with one attached hydrogen (secondary N) is 1. The Morgan fingerprint density at radius 1 is 1.00 bits per heavy atom. The van der Waals surface area contributed by atoms with E-state index in [1.54, 1.807) is 24.4 Å². The molecule has 2 aromatic carbocycles. The number of nitrogens with two attached hydrogens (primary N) is 1. The van der Waals surface area contributed by atoms with Crippen LogP contribution >= 0.6 is 0 Å². The van der Waals surface area contributed by atoms with Crippen molar-refractivity contribution >= 4 is 11.9 Å². The van der Waals surface area contributed by atoms with Gasteiger partial charge in [0.05, 0.1) is 5.69 Å². The molecular weight excluding hydrogens is 277 g/mol. The van der Waals surface area contributed by atoms with Crippen molar-refractivity contribution in [3.05, 3.63) is 72.2 Å². The van der Waals surface area contributed by atoms with Crippen LogP contribution in [0.2, 0.25) is 0 Å². The molecule has 0 amide bonds. The standard InChI is InChI=1S/C18H14FN3/c19-15-4-1-3-13(9-15)18-16(5-2-8-22-18)12-6-7-14(11-20)17(21)10-12/h1-11,20H,21H2. The molecule has 3 aromatic rings. The Labute approximate surface area is 127 Å². The first-order chi connectivity index (χ1) is 10.7. The third-order valence-electron chi connectivity index (χ3n) is 3.46. The molecule has 0 bridgehead atoms. The summed E-state index contributed by atoms with van der Waals surface area (Å²) in [5.74, 6) is -0.298. The van der Waals surface area contributed by atoms with Crippen molar-refractivity contribution < 1.29 is 4.39 Å². The van der Waals surface area contributed by atoms with Crippen molar-refractivity contribution in [2.75, 3.05) is 5.73 Å². The first kappa shape index (κ1) is 13.9. The molecule has 1 aromatic heterocycles. The van der Waals surface area contributed by atoms with Crippen LogP contribution in [-0.2, 0) is 0 Å².